The summed E-state index contributed by atoms with van der Waals surface area (Å²) in [6.07, 6.45) is 4.80. The highest BCUT2D eigenvalue weighted by molar-refractivity contribution is 5.25. The van der Waals surface area contributed by atoms with Crippen LogP contribution in [0.4, 0.5) is 0 Å². The van der Waals surface area contributed by atoms with E-state index >= 15 is 0 Å². The molecule has 2 atom stereocenters. The van der Waals surface area contributed by atoms with Gasteiger partial charge in [0.05, 0.1) is 5.60 Å². The molecular weight excluding hydrogens is 332 g/mol. The summed E-state index contributed by atoms with van der Waals surface area (Å²) in [5.74, 6) is 1.35. The van der Waals surface area contributed by atoms with Gasteiger partial charge >= 0.3 is 0 Å². The van der Waals surface area contributed by atoms with Crippen molar-refractivity contribution in [1.82, 2.24) is 10.2 Å². The lowest BCUT2D eigenvalue weighted by molar-refractivity contribution is -0.0771. The third-order valence-corrected chi connectivity index (χ3v) is 6.16. The van der Waals surface area contributed by atoms with Gasteiger partial charge in [0.25, 0.3) is 0 Å². The van der Waals surface area contributed by atoms with Crippen molar-refractivity contribution >= 4 is 0 Å². The topological polar surface area (TPSA) is 24.5 Å². The van der Waals surface area contributed by atoms with Crippen molar-refractivity contribution in [1.29, 1.82) is 0 Å². The molecule has 0 radical (unpaired) electrons. The lowest BCUT2D eigenvalue weighted by Crippen LogP contribution is -2.37. The number of benzene rings is 1. The van der Waals surface area contributed by atoms with Gasteiger partial charge in [-0.3, -0.25) is 0 Å². The number of rotatable bonds is 11. The first kappa shape index (κ1) is 22.4. The molecule has 1 aromatic carbocycles. The maximum atomic E-state index is 5.98. The Morgan fingerprint density at radius 2 is 1.85 bits per heavy atom. The fraction of sp³-hybridized carbons (Fsp3) is 0.750. The summed E-state index contributed by atoms with van der Waals surface area (Å²) in [7, 11) is 0. The standard InChI is InChI=1S/C24H42N2O/c1-6-26(7-2)17-8-15-25-16-13-23(21-11-9-20(3)10-12-21)22-14-18-27-24(4,5)19-22/h9-12,22-23,25H,6-8,13-19H2,1-5H3/t22-,23-/m0/s1. The van der Waals surface area contributed by atoms with Crippen molar-refractivity contribution in [2.24, 2.45) is 5.92 Å². The monoisotopic (exact) mass is 374 g/mol. The van der Waals surface area contributed by atoms with Crippen LogP contribution in [0.1, 0.15) is 70.4 Å². The molecule has 154 valence electrons. The van der Waals surface area contributed by atoms with Crippen LogP contribution in [0.25, 0.3) is 0 Å². The molecule has 1 fully saturated rings. The van der Waals surface area contributed by atoms with Crippen LogP contribution in [-0.2, 0) is 4.74 Å². The molecule has 0 amide bonds. The normalized spacial score (nSPS) is 20.7. The zero-order valence-electron chi connectivity index (χ0n) is 18.4. The fourth-order valence-electron chi connectivity index (χ4n) is 4.46. The lowest BCUT2D eigenvalue weighted by atomic mass is 9.75. The van der Waals surface area contributed by atoms with E-state index in [9.17, 15) is 0 Å². The smallest absolute Gasteiger partial charge is 0.0629 e. The highest BCUT2D eigenvalue weighted by atomic mass is 16.5. The van der Waals surface area contributed by atoms with Gasteiger partial charge < -0.3 is 15.0 Å². The molecule has 1 N–H and O–H groups in total. The van der Waals surface area contributed by atoms with Crippen LogP contribution in [0, 0.1) is 12.8 Å². The first-order valence-corrected chi connectivity index (χ1v) is 11.1. The number of hydrogen-bond donors (Lipinski definition) is 1. The molecule has 2 rings (SSSR count). The maximum Gasteiger partial charge on any atom is 0.0629 e. The highest BCUT2D eigenvalue weighted by Gasteiger charge is 2.33. The van der Waals surface area contributed by atoms with Crippen LogP contribution in [0.3, 0.4) is 0 Å². The quantitative estimate of drug-likeness (QED) is 0.552. The first-order chi connectivity index (χ1) is 12.9. The maximum absolute atomic E-state index is 5.98. The fourth-order valence-corrected chi connectivity index (χ4v) is 4.46. The zero-order chi connectivity index (χ0) is 19.7. The summed E-state index contributed by atoms with van der Waals surface area (Å²) in [5.41, 5.74) is 2.87. The van der Waals surface area contributed by atoms with E-state index in [0.29, 0.717) is 11.8 Å². The Morgan fingerprint density at radius 1 is 1.15 bits per heavy atom. The molecule has 1 aliphatic heterocycles. The van der Waals surface area contributed by atoms with Crippen molar-refractivity contribution in [3.63, 3.8) is 0 Å². The molecule has 0 spiro atoms. The van der Waals surface area contributed by atoms with Crippen molar-refractivity contribution in [2.75, 3.05) is 39.3 Å². The molecule has 0 aromatic heterocycles. The predicted octanol–water partition coefficient (Wildman–Crippen LogP) is 5.00. The van der Waals surface area contributed by atoms with Crippen LogP contribution >= 0.6 is 0 Å². The van der Waals surface area contributed by atoms with Gasteiger partial charge in [-0.15, -0.1) is 0 Å². The van der Waals surface area contributed by atoms with Gasteiger partial charge in [0.15, 0.2) is 0 Å². The second kappa shape index (κ2) is 11.2. The average Bonchev–Trinajstić information content (AvgIpc) is 2.64. The minimum atomic E-state index is 0.0169. The van der Waals surface area contributed by atoms with Crippen LogP contribution in [0.15, 0.2) is 24.3 Å². The summed E-state index contributed by atoms with van der Waals surface area (Å²) in [6.45, 7) is 17.8. The van der Waals surface area contributed by atoms with Crippen LogP contribution in [0.2, 0.25) is 0 Å². The number of nitrogens with zero attached hydrogens (tertiary/aromatic N) is 1. The molecule has 3 nitrogen and oxygen atoms in total. The Bertz CT molecular complexity index is 522. The van der Waals surface area contributed by atoms with E-state index in [2.05, 4.69) is 69.1 Å². The van der Waals surface area contributed by atoms with Crippen molar-refractivity contribution in [2.45, 2.75) is 71.8 Å². The van der Waals surface area contributed by atoms with Crippen molar-refractivity contribution in [3.8, 4) is 0 Å². The zero-order valence-corrected chi connectivity index (χ0v) is 18.4. The lowest BCUT2D eigenvalue weighted by Gasteiger charge is -2.39. The molecule has 0 bridgehead atoms. The summed E-state index contributed by atoms with van der Waals surface area (Å²) >= 11 is 0. The Labute approximate surface area is 167 Å². The van der Waals surface area contributed by atoms with E-state index < -0.39 is 0 Å². The molecule has 1 aromatic rings. The van der Waals surface area contributed by atoms with Gasteiger partial charge in [-0.05, 0) is 96.6 Å². The molecule has 1 aliphatic rings. The summed E-state index contributed by atoms with van der Waals surface area (Å²) in [6, 6.07) is 9.24. The van der Waals surface area contributed by atoms with E-state index in [4.69, 9.17) is 4.74 Å². The van der Waals surface area contributed by atoms with Gasteiger partial charge in [0, 0.05) is 6.61 Å². The number of hydrogen-bond acceptors (Lipinski definition) is 3. The van der Waals surface area contributed by atoms with E-state index in [1.54, 1.807) is 0 Å². The van der Waals surface area contributed by atoms with Gasteiger partial charge in [-0.25, -0.2) is 0 Å². The van der Waals surface area contributed by atoms with Crippen molar-refractivity contribution < 1.29 is 4.74 Å². The second-order valence-electron chi connectivity index (χ2n) is 8.80. The molecule has 0 saturated carbocycles. The van der Waals surface area contributed by atoms with E-state index in [1.165, 1.54) is 36.9 Å². The molecule has 27 heavy (non-hydrogen) atoms. The first-order valence-electron chi connectivity index (χ1n) is 11.1. The van der Waals surface area contributed by atoms with E-state index in [1.807, 2.05) is 0 Å². The van der Waals surface area contributed by atoms with Gasteiger partial charge in [0.1, 0.15) is 0 Å². The molecular formula is C24H42N2O. The number of ether oxygens (including phenoxy) is 1. The van der Waals surface area contributed by atoms with Gasteiger partial charge in [-0.2, -0.15) is 0 Å². The highest BCUT2D eigenvalue weighted by Crippen LogP contribution is 2.39. The minimum Gasteiger partial charge on any atom is -0.376 e. The summed E-state index contributed by atoms with van der Waals surface area (Å²) in [4.78, 5) is 2.50. The third-order valence-electron chi connectivity index (χ3n) is 6.16. The Morgan fingerprint density at radius 3 is 2.48 bits per heavy atom. The molecule has 1 saturated heterocycles. The average molecular weight is 375 g/mol. The summed E-state index contributed by atoms with van der Waals surface area (Å²) < 4.78 is 5.98. The van der Waals surface area contributed by atoms with Gasteiger partial charge in [0.2, 0.25) is 0 Å². The Balaban J connectivity index is 1.88. The van der Waals surface area contributed by atoms with Gasteiger partial charge in [-0.1, -0.05) is 43.7 Å². The van der Waals surface area contributed by atoms with E-state index in [0.717, 1.165) is 39.2 Å². The second-order valence-corrected chi connectivity index (χ2v) is 8.80. The molecule has 1 heterocycles. The predicted molar refractivity (Wildman–Crippen MR) is 117 cm³/mol. The third kappa shape index (κ3) is 7.56. The number of nitrogens with one attached hydrogen (secondary N) is 1. The Kier molecular flexibility index (Phi) is 9.28. The summed E-state index contributed by atoms with van der Waals surface area (Å²) in [5, 5.41) is 3.70. The van der Waals surface area contributed by atoms with Crippen LogP contribution in [0.5, 0.6) is 0 Å². The minimum absolute atomic E-state index is 0.0169. The molecule has 0 aliphatic carbocycles. The largest absolute Gasteiger partial charge is 0.376 e. The molecule has 0 unspecified atom stereocenters. The van der Waals surface area contributed by atoms with Crippen LogP contribution in [-0.4, -0.2) is 49.8 Å². The van der Waals surface area contributed by atoms with E-state index in [-0.39, 0.29) is 5.60 Å². The Hall–Kier alpha value is -0.900. The SMILES string of the molecule is CCN(CC)CCCNCC[C@@H](c1ccc(C)cc1)[C@H]1CCOC(C)(C)C1. The van der Waals surface area contributed by atoms with Crippen molar-refractivity contribution in [3.05, 3.63) is 35.4 Å². The van der Waals surface area contributed by atoms with Crippen LogP contribution < -0.4 is 5.32 Å². The number of aryl methyl sites for hydroxylation is 1. The molecule has 3 heteroatoms.